The molecule has 1 aliphatic rings. The zero-order valence-corrected chi connectivity index (χ0v) is 14.0. The van der Waals surface area contributed by atoms with E-state index < -0.39 is 10.0 Å². The van der Waals surface area contributed by atoms with E-state index in [1.807, 2.05) is 0 Å². The Labute approximate surface area is 131 Å². The van der Waals surface area contributed by atoms with Crippen LogP contribution in [0.2, 0.25) is 0 Å². The number of nitrogens with one attached hydrogen (secondary N) is 2. The predicted octanol–water partition coefficient (Wildman–Crippen LogP) is 1.02. The molecule has 1 aromatic carbocycles. The molecule has 1 heterocycles. The molecule has 0 unspecified atom stereocenters. The first-order chi connectivity index (χ1) is 10.4. The van der Waals surface area contributed by atoms with Crippen molar-refractivity contribution in [1.82, 2.24) is 14.9 Å². The van der Waals surface area contributed by atoms with E-state index in [0.717, 1.165) is 39.1 Å². The van der Waals surface area contributed by atoms with Gasteiger partial charge in [0.2, 0.25) is 10.0 Å². The maximum atomic E-state index is 13.6. The fourth-order valence-corrected chi connectivity index (χ4v) is 3.83. The van der Waals surface area contributed by atoms with E-state index in [4.69, 9.17) is 0 Å². The van der Waals surface area contributed by atoms with E-state index in [-0.39, 0.29) is 10.7 Å². The van der Waals surface area contributed by atoms with Crippen LogP contribution in [-0.4, -0.2) is 52.6 Å². The second-order valence-corrected chi connectivity index (χ2v) is 7.48. The number of hydrogen-bond acceptors (Lipinski definition) is 4. The molecule has 124 valence electrons. The Morgan fingerprint density at radius 2 is 1.82 bits per heavy atom. The zero-order valence-electron chi connectivity index (χ0n) is 13.2. The lowest BCUT2D eigenvalue weighted by atomic mass is 10.1. The molecule has 0 radical (unpaired) electrons. The zero-order chi connectivity index (χ0) is 16.2. The summed E-state index contributed by atoms with van der Waals surface area (Å²) in [6, 6.07) is 2.75. The van der Waals surface area contributed by atoms with Crippen molar-refractivity contribution in [2.75, 3.05) is 39.3 Å². The molecule has 1 saturated heterocycles. The number of aryl methyl sites for hydroxylation is 2. The first-order valence-electron chi connectivity index (χ1n) is 7.59. The molecule has 2 rings (SSSR count). The Morgan fingerprint density at radius 3 is 2.41 bits per heavy atom. The lowest BCUT2D eigenvalue weighted by molar-refractivity contribution is 0.239. The molecule has 0 aliphatic carbocycles. The van der Waals surface area contributed by atoms with Crippen LogP contribution in [0.5, 0.6) is 0 Å². The van der Waals surface area contributed by atoms with E-state index in [1.54, 1.807) is 13.8 Å². The summed E-state index contributed by atoms with van der Waals surface area (Å²) in [6.45, 7) is 8.40. The first-order valence-corrected chi connectivity index (χ1v) is 9.08. The van der Waals surface area contributed by atoms with Crippen LogP contribution < -0.4 is 10.0 Å². The van der Waals surface area contributed by atoms with Crippen molar-refractivity contribution in [2.45, 2.75) is 25.2 Å². The van der Waals surface area contributed by atoms with Gasteiger partial charge < -0.3 is 10.2 Å². The fraction of sp³-hybridized carbons (Fsp3) is 0.600. The topological polar surface area (TPSA) is 61.4 Å². The van der Waals surface area contributed by atoms with Crippen LogP contribution in [0.4, 0.5) is 4.39 Å². The summed E-state index contributed by atoms with van der Waals surface area (Å²) >= 11 is 0. The van der Waals surface area contributed by atoms with Gasteiger partial charge in [-0.15, -0.1) is 0 Å². The van der Waals surface area contributed by atoms with Gasteiger partial charge in [-0.05, 0) is 50.1 Å². The molecule has 0 bridgehead atoms. The molecule has 1 fully saturated rings. The van der Waals surface area contributed by atoms with Crippen LogP contribution in [0.15, 0.2) is 17.0 Å². The quantitative estimate of drug-likeness (QED) is 0.765. The largest absolute Gasteiger partial charge is 0.314 e. The Kier molecular flexibility index (Phi) is 5.91. The van der Waals surface area contributed by atoms with Crippen molar-refractivity contribution >= 4 is 10.0 Å². The van der Waals surface area contributed by atoms with Gasteiger partial charge in [-0.2, -0.15) is 0 Å². The number of sulfonamides is 1. The van der Waals surface area contributed by atoms with Crippen LogP contribution in [0, 0.1) is 19.7 Å². The summed E-state index contributed by atoms with van der Waals surface area (Å²) in [5.41, 5.74) is 0.697. The highest BCUT2D eigenvalue weighted by molar-refractivity contribution is 7.89. The molecule has 0 saturated carbocycles. The minimum Gasteiger partial charge on any atom is -0.314 e. The second kappa shape index (κ2) is 7.50. The minimum atomic E-state index is -3.57. The monoisotopic (exact) mass is 329 g/mol. The maximum Gasteiger partial charge on any atom is 0.240 e. The number of benzene rings is 1. The van der Waals surface area contributed by atoms with Crippen LogP contribution in [0.1, 0.15) is 17.5 Å². The fourth-order valence-electron chi connectivity index (χ4n) is 2.59. The van der Waals surface area contributed by atoms with Crippen molar-refractivity contribution in [3.63, 3.8) is 0 Å². The highest BCUT2D eigenvalue weighted by Gasteiger charge is 2.17. The Hall–Kier alpha value is -1.02. The molecule has 1 aliphatic heterocycles. The van der Waals surface area contributed by atoms with E-state index in [9.17, 15) is 12.8 Å². The Morgan fingerprint density at radius 1 is 1.23 bits per heavy atom. The lowest BCUT2D eigenvalue weighted by Crippen LogP contribution is -2.44. The summed E-state index contributed by atoms with van der Waals surface area (Å²) in [7, 11) is -3.57. The third kappa shape index (κ3) is 4.49. The number of hydrogen-bond donors (Lipinski definition) is 2. The van der Waals surface area contributed by atoms with Gasteiger partial charge in [0, 0.05) is 32.7 Å². The molecule has 0 amide bonds. The van der Waals surface area contributed by atoms with Crippen molar-refractivity contribution in [2.24, 2.45) is 0 Å². The molecular formula is C15H24FN3O2S. The standard InChI is InChI=1S/C15H24FN3O2S/c1-12-10-14(11-13(2)15(12)16)22(20,21)18-4-3-7-19-8-5-17-6-9-19/h10-11,17-18H,3-9H2,1-2H3. The number of piperazine rings is 1. The predicted molar refractivity (Wildman–Crippen MR) is 85.0 cm³/mol. The average Bonchev–Trinajstić information content (AvgIpc) is 2.50. The molecule has 2 N–H and O–H groups in total. The van der Waals surface area contributed by atoms with Gasteiger partial charge in [-0.1, -0.05) is 0 Å². The molecule has 0 atom stereocenters. The van der Waals surface area contributed by atoms with Gasteiger partial charge in [-0.3, -0.25) is 0 Å². The smallest absolute Gasteiger partial charge is 0.240 e. The third-order valence-corrected chi connectivity index (χ3v) is 5.31. The van der Waals surface area contributed by atoms with Crippen LogP contribution in [-0.2, 0) is 10.0 Å². The summed E-state index contributed by atoms with van der Waals surface area (Å²) in [5.74, 6) is -0.349. The van der Waals surface area contributed by atoms with E-state index in [1.165, 1.54) is 12.1 Å². The summed E-state index contributed by atoms with van der Waals surface area (Å²) in [6.07, 6.45) is 0.762. The van der Waals surface area contributed by atoms with Gasteiger partial charge in [0.15, 0.2) is 0 Å². The second-order valence-electron chi connectivity index (χ2n) is 5.71. The van der Waals surface area contributed by atoms with Crippen molar-refractivity contribution < 1.29 is 12.8 Å². The average molecular weight is 329 g/mol. The third-order valence-electron chi connectivity index (χ3n) is 3.87. The van der Waals surface area contributed by atoms with Crippen LogP contribution in [0.3, 0.4) is 0 Å². The van der Waals surface area contributed by atoms with Crippen LogP contribution >= 0.6 is 0 Å². The Bertz CT molecular complexity index is 590. The van der Waals surface area contributed by atoms with Crippen molar-refractivity contribution in [1.29, 1.82) is 0 Å². The summed E-state index contributed by atoms with van der Waals surface area (Å²) < 4.78 is 40.7. The van der Waals surface area contributed by atoms with E-state index in [2.05, 4.69) is 14.9 Å². The molecule has 1 aromatic rings. The van der Waals surface area contributed by atoms with Gasteiger partial charge in [0.25, 0.3) is 0 Å². The number of rotatable bonds is 6. The SMILES string of the molecule is Cc1cc(S(=O)(=O)NCCCN2CCNCC2)cc(C)c1F. The molecule has 5 nitrogen and oxygen atoms in total. The normalized spacial score (nSPS) is 16.9. The molecule has 22 heavy (non-hydrogen) atoms. The van der Waals surface area contributed by atoms with Gasteiger partial charge >= 0.3 is 0 Å². The van der Waals surface area contributed by atoms with E-state index in [0.29, 0.717) is 17.7 Å². The maximum absolute atomic E-state index is 13.6. The van der Waals surface area contributed by atoms with Gasteiger partial charge in [0.05, 0.1) is 4.90 Å². The highest BCUT2D eigenvalue weighted by Crippen LogP contribution is 2.18. The first kappa shape index (κ1) is 17.3. The molecule has 0 aromatic heterocycles. The highest BCUT2D eigenvalue weighted by atomic mass is 32.2. The van der Waals surface area contributed by atoms with Crippen molar-refractivity contribution in [3.05, 3.63) is 29.1 Å². The van der Waals surface area contributed by atoms with Crippen LogP contribution in [0.25, 0.3) is 0 Å². The molecule has 7 heteroatoms. The number of nitrogens with zero attached hydrogens (tertiary/aromatic N) is 1. The molecule has 0 spiro atoms. The minimum absolute atomic E-state index is 0.131. The Balaban J connectivity index is 1.88. The summed E-state index contributed by atoms with van der Waals surface area (Å²) in [5, 5.41) is 3.28. The summed E-state index contributed by atoms with van der Waals surface area (Å²) in [4.78, 5) is 2.45. The number of halogens is 1. The van der Waals surface area contributed by atoms with Gasteiger partial charge in [0.1, 0.15) is 5.82 Å². The molecular weight excluding hydrogens is 305 g/mol. The van der Waals surface area contributed by atoms with Crippen molar-refractivity contribution in [3.8, 4) is 0 Å². The lowest BCUT2D eigenvalue weighted by Gasteiger charge is -2.27. The van der Waals surface area contributed by atoms with Gasteiger partial charge in [-0.25, -0.2) is 17.5 Å². The van der Waals surface area contributed by atoms with E-state index >= 15 is 0 Å².